The van der Waals surface area contributed by atoms with Gasteiger partial charge in [-0.3, -0.25) is 9.69 Å². The van der Waals surface area contributed by atoms with E-state index in [0.717, 1.165) is 26.1 Å². The minimum Gasteiger partial charge on any atom is -0.373 e. The molecule has 0 aliphatic carbocycles. The van der Waals surface area contributed by atoms with Crippen LogP contribution >= 0.6 is 0 Å². The molecule has 1 aliphatic heterocycles. The second kappa shape index (κ2) is 4.22. The molecule has 0 aromatic heterocycles. The van der Waals surface area contributed by atoms with Crippen LogP contribution in [0, 0.1) is 0 Å². The zero-order chi connectivity index (χ0) is 11.7. The van der Waals surface area contributed by atoms with E-state index in [1.807, 2.05) is 6.92 Å². The highest BCUT2D eigenvalue weighted by Crippen LogP contribution is 2.27. The maximum absolute atomic E-state index is 11.7. The minimum atomic E-state index is -0.318. The third-order valence-corrected chi connectivity index (χ3v) is 3.57. The molecule has 1 fully saturated rings. The Morgan fingerprint density at radius 1 is 1.53 bits per heavy atom. The first kappa shape index (κ1) is 12.7. The van der Waals surface area contributed by atoms with Crippen molar-refractivity contribution in [2.75, 3.05) is 19.7 Å². The van der Waals surface area contributed by atoms with Gasteiger partial charge in [-0.2, -0.15) is 0 Å². The van der Waals surface area contributed by atoms with Crippen molar-refractivity contribution in [1.29, 1.82) is 0 Å². The summed E-state index contributed by atoms with van der Waals surface area (Å²) in [4.78, 5) is 14.0. The van der Waals surface area contributed by atoms with Gasteiger partial charge in [-0.1, -0.05) is 6.92 Å². The Hall–Kier alpha value is -0.410. The van der Waals surface area contributed by atoms with Crippen LogP contribution in [0.5, 0.6) is 0 Å². The highest BCUT2D eigenvalue weighted by atomic mass is 16.5. The molecular formula is C12H23NO2. The molecule has 1 heterocycles. The number of morpholine rings is 1. The first-order valence-corrected chi connectivity index (χ1v) is 5.72. The molecular weight excluding hydrogens is 190 g/mol. The first-order valence-electron chi connectivity index (χ1n) is 5.72. The average molecular weight is 213 g/mol. The van der Waals surface area contributed by atoms with Crippen LogP contribution in [0.1, 0.15) is 41.0 Å². The van der Waals surface area contributed by atoms with Gasteiger partial charge in [0.25, 0.3) is 0 Å². The Morgan fingerprint density at radius 3 is 2.53 bits per heavy atom. The molecule has 1 aliphatic rings. The van der Waals surface area contributed by atoms with Gasteiger partial charge in [0.1, 0.15) is 5.78 Å². The quantitative estimate of drug-likeness (QED) is 0.716. The second-order valence-electron chi connectivity index (χ2n) is 5.21. The van der Waals surface area contributed by atoms with Crippen LogP contribution in [0.4, 0.5) is 0 Å². The molecule has 0 amide bonds. The molecule has 1 rings (SSSR count). The summed E-state index contributed by atoms with van der Waals surface area (Å²) in [5.41, 5.74) is -0.453. The van der Waals surface area contributed by atoms with Crippen molar-refractivity contribution < 1.29 is 9.53 Å². The number of carbonyl (C=O) groups is 1. The average Bonchev–Trinajstić information content (AvgIpc) is 2.14. The smallest absolute Gasteiger partial charge is 0.149 e. The molecule has 88 valence electrons. The number of carbonyl (C=O) groups excluding carboxylic acids is 1. The van der Waals surface area contributed by atoms with Gasteiger partial charge in [0.2, 0.25) is 0 Å². The van der Waals surface area contributed by atoms with Gasteiger partial charge in [0.15, 0.2) is 0 Å². The fourth-order valence-electron chi connectivity index (χ4n) is 2.13. The van der Waals surface area contributed by atoms with Gasteiger partial charge >= 0.3 is 0 Å². The fourth-order valence-corrected chi connectivity index (χ4v) is 2.13. The summed E-state index contributed by atoms with van der Waals surface area (Å²) in [5.74, 6) is 0.253. The molecule has 0 aromatic rings. The third kappa shape index (κ3) is 2.58. The predicted octanol–water partition coefficient (Wildman–Crippen LogP) is 1.85. The minimum absolute atomic E-state index is 0.135. The Balaban J connectivity index is 2.81. The molecule has 1 saturated heterocycles. The topological polar surface area (TPSA) is 29.5 Å². The summed E-state index contributed by atoms with van der Waals surface area (Å²) in [5, 5.41) is 0. The van der Waals surface area contributed by atoms with E-state index in [0.29, 0.717) is 0 Å². The van der Waals surface area contributed by atoms with Crippen LogP contribution in [0.3, 0.4) is 0 Å². The van der Waals surface area contributed by atoms with Crippen molar-refractivity contribution in [2.24, 2.45) is 0 Å². The zero-order valence-electron chi connectivity index (χ0n) is 10.6. The summed E-state index contributed by atoms with van der Waals surface area (Å²) in [7, 11) is 0. The lowest BCUT2D eigenvalue weighted by molar-refractivity contribution is -0.143. The normalized spacial score (nSPS) is 25.9. The van der Waals surface area contributed by atoms with E-state index >= 15 is 0 Å². The van der Waals surface area contributed by atoms with Gasteiger partial charge in [-0.25, -0.2) is 0 Å². The number of nitrogens with zero attached hydrogens (tertiary/aromatic N) is 1. The van der Waals surface area contributed by atoms with Crippen molar-refractivity contribution in [3.63, 3.8) is 0 Å². The molecule has 0 spiro atoms. The molecule has 0 aromatic carbocycles. The highest BCUT2D eigenvalue weighted by Gasteiger charge is 2.40. The molecule has 0 bridgehead atoms. The van der Waals surface area contributed by atoms with Crippen molar-refractivity contribution in [3.05, 3.63) is 0 Å². The summed E-state index contributed by atoms with van der Waals surface area (Å²) < 4.78 is 5.66. The van der Waals surface area contributed by atoms with E-state index in [1.165, 1.54) is 0 Å². The molecule has 0 saturated carbocycles. The van der Waals surface area contributed by atoms with E-state index in [1.54, 1.807) is 6.92 Å². The van der Waals surface area contributed by atoms with E-state index < -0.39 is 0 Å². The number of ketones is 1. The van der Waals surface area contributed by atoms with Crippen molar-refractivity contribution in [3.8, 4) is 0 Å². The molecule has 3 heteroatoms. The van der Waals surface area contributed by atoms with Gasteiger partial charge in [-0.05, 0) is 34.1 Å². The number of ether oxygens (including phenoxy) is 1. The van der Waals surface area contributed by atoms with Crippen LogP contribution in [0.25, 0.3) is 0 Å². The number of hydrogen-bond acceptors (Lipinski definition) is 3. The number of Topliss-reactive ketones (excluding diaryl/α,β-unsaturated/α-hetero) is 1. The first-order chi connectivity index (χ1) is 6.82. The molecule has 0 radical (unpaired) electrons. The Morgan fingerprint density at radius 2 is 2.13 bits per heavy atom. The van der Waals surface area contributed by atoms with E-state index in [9.17, 15) is 4.79 Å². The maximum Gasteiger partial charge on any atom is 0.149 e. The summed E-state index contributed by atoms with van der Waals surface area (Å²) in [6.45, 7) is 12.4. The van der Waals surface area contributed by atoms with Gasteiger partial charge in [0.05, 0.1) is 17.7 Å². The van der Waals surface area contributed by atoms with Crippen LogP contribution < -0.4 is 0 Å². The van der Waals surface area contributed by atoms with E-state index in [4.69, 9.17) is 4.74 Å². The monoisotopic (exact) mass is 213 g/mol. The van der Waals surface area contributed by atoms with Crippen molar-refractivity contribution >= 4 is 5.78 Å². The van der Waals surface area contributed by atoms with Crippen molar-refractivity contribution in [1.82, 2.24) is 4.90 Å². The van der Waals surface area contributed by atoms with Gasteiger partial charge < -0.3 is 4.74 Å². The lowest BCUT2D eigenvalue weighted by Crippen LogP contribution is -2.60. The number of hydrogen-bond donors (Lipinski definition) is 0. The molecule has 0 N–H and O–H groups in total. The van der Waals surface area contributed by atoms with Gasteiger partial charge in [-0.15, -0.1) is 0 Å². The zero-order valence-corrected chi connectivity index (χ0v) is 10.6. The van der Waals surface area contributed by atoms with Crippen molar-refractivity contribution in [2.45, 2.75) is 52.2 Å². The Kier molecular flexibility index (Phi) is 3.56. The summed E-state index contributed by atoms with van der Waals surface area (Å²) in [6.07, 6.45) is 0.860. The van der Waals surface area contributed by atoms with Gasteiger partial charge in [0, 0.05) is 13.1 Å². The SMILES string of the molecule is CCC(C)(C(C)=O)N1CCOC(C)(C)C1. The molecule has 3 nitrogen and oxygen atoms in total. The molecule has 1 atom stereocenters. The Bertz CT molecular complexity index is 250. The lowest BCUT2D eigenvalue weighted by Gasteiger charge is -2.46. The standard InChI is InChI=1S/C12H23NO2/c1-6-12(5,10(2)14)13-7-8-15-11(3,4)9-13/h6-9H2,1-5H3. The van der Waals surface area contributed by atoms with Crippen LogP contribution in [-0.2, 0) is 9.53 Å². The number of rotatable bonds is 3. The lowest BCUT2D eigenvalue weighted by atomic mass is 9.89. The Labute approximate surface area is 92.8 Å². The van der Waals surface area contributed by atoms with Crippen LogP contribution in [-0.4, -0.2) is 41.5 Å². The summed E-state index contributed by atoms with van der Waals surface area (Å²) >= 11 is 0. The predicted molar refractivity (Wildman–Crippen MR) is 61.0 cm³/mol. The largest absolute Gasteiger partial charge is 0.373 e. The third-order valence-electron chi connectivity index (χ3n) is 3.57. The van der Waals surface area contributed by atoms with Crippen LogP contribution in [0.15, 0.2) is 0 Å². The fraction of sp³-hybridized carbons (Fsp3) is 0.917. The molecule has 15 heavy (non-hydrogen) atoms. The summed E-state index contributed by atoms with van der Waals surface area (Å²) in [6, 6.07) is 0. The molecule has 1 unspecified atom stereocenters. The highest BCUT2D eigenvalue weighted by molar-refractivity contribution is 5.85. The maximum atomic E-state index is 11.7. The van der Waals surface area contributed by atoms with E-state index in [-0.39, 0.29) is 16.9 Å². The second-order valence-corrected chi connectivity index (χ2v) is 5.21. The van der Waals surface area contributed by atoms with Crippen LogP contribution in [0.2, 0.25) is 0 Å². The van der Waals surface area contributed by atoms with E-state index in [2.05, 4.69) is 25.7 Å².